The lowest BCUT2D eigenvalue weighted by Crippen LogP contribution is -2.40. The van der Waals surface area contributed by atoms with Gasteiger partial charge in [0, 0.05) is 12.5 Å². The van der Waals surface area contributed by atoms with Crippen LogP contribution in [0.4, 0.5) is 4.39 Å². The van der Waals surface area contributed by atoms with E-state index >= 15 is 0 Å². The summed E-state index contributed by atoms with van der Waals surface area (Å²) < 4.78 is 37.0. The van der Waals surface area contributed by atoms with Gasteiger partial charge in [-0.3, -0.25) is 0 Å². The van der Waals surface area contributed by atoms with Crippen LogP contribution in [0.1, 0.15) is 58.8 Å². The standard InChI is InChI=1S/C28H37ClFNO4S/c1-3-5-10-19(9-4-2)18-31(21-11-7-6-8-12-21)26-17-24(29)22(16-27(26)36(34)35)20-13-14-25(30)23(15-20)28(32)33/h6-8,11,14-17,19-22,24H,3-5,9-10,12-13,18H2,1-2H3,(H,32,33)(H,34,35). The van der Waals surface area contributed by atoms with Crippen LogP contribution in [0.25, 0.3) is 0 Å². The molecule has 198 valence electrons. The van der Waals surface area contributed by atoms with Gasteiger partial charge in [-0.2, -0.15) is 0 Å². The molecule has 2 N–H and O–H groups in total. The Kier molecular flexibility index (Phi) is 10.8. The second-order valence-corrected chi connectivity index (χ2v) is 11.2. The Labute approximate surface area is 221 Å². The third-order valence-electron chi connectivity index (χ3n) is 7.19. The van der Waals surface area contributed by atoms with Gasteiger partial charge in [-0.25, -0.2) is 13.4 Å². The first-order valence-corrected chi connectivity index (χ1v) is 14.4. The molecular formula is C28H37ClFNO4S. The van der Waals surface area contributed by atoms with E-state index in [1.165, 1.54) is 12.2 Å². The number of unbranched alkanes of at least 4 members (excludes halogenated alkanes) is 1. The van der Waals surface area contributed by atoms with Crippen molar-refractivity contribution in [2.75, 3.05) is 6.54 Å². The van der Waals surface area contributed by atoms with E-state index in [0.717, 1.165) is 45.1 Å². The summed E-state index contributed by atoms with van der Waals surface area (Å²) in [5, 5.41) is 8.82. The molecule has 8 heteroatoms. The van der Waals surface area contributed by atoms with Crippen LogP contribution in [-0.2, 0) is 15.9 Å². The number of nitrogens with zero attached hydrogens (tertiary/aromatic N) is 1. The molecule has 0 amide bonds. The zero-order chi connectivity index (χ0) is 26.2. The van der Waals surface area contributed by atoms with Gasteiger partial charge in [-0.1, -0.05) is 69.6 Å². The summed E-state index contributed by atoms with van der Waals surface area (Å²) >= 11 is 4.59. The van der Waals surface area contributed by atoms with E-state index in [1.54, 1.807) is 6.08 Å². The molecule has 0 aromatic rings. The number of carbonyl (C=O) groups is 1. The number of aliphatic carboxylic acids is 1. The highest BCUT2D eigenvalue weighted by Gasteiger charge is 2.36. The summed E-state index contributed by atoms with van der Waals surface area (Å²) in [6.45, 7) is 5.12. The monoisotopic (exact) mass is 537 g/mol. The zero-order valence-corrected chi connectivity index (χ0v) is 22.6. The second-order valence-electron chi connectivity index (χ2n) is 9.76. The number of halogens is 2. The Balaban J connectivity index is 1.96. The summed E-state index contributed by atoms with van der Waals surface area (Å²) in [5.41, 5.74) is 0.277. The minimum atomic E-state index is -2.27. The molecule has 3 rings (SSSR count). The van der Waals surface area contributed by atoms with E-state index in [4.69, 9.17) is 11.6 Å². The van der Waals surface area contributed by atoms with Gasteiger partial charge >= 0.3 is 5.97 Å². The Morgan fingerprint density at radius 1 is 1.19 bits per heavy atom. The second kappa shape index (κ2) is 13.5. The van der Waals surface area contributed by atoms with Crippen LogP contribution >= 0.6 is 11.6 Å². The first-order valence-electron chi connectivity index (χ1n) is 12.9. The van der Waals surface area contributed by atoms with Gasteiger partial charge < -0.3 is 14.6 Å². The maximum atomic E-state index is 14.0. The number of alkyl halides is 1. The highest BCUT2D eigenvalue weighted by atomic mass is 35.5. The number of allylic oxidation sites excluding steroid dienone is 6. The fraction of sp³-hybridized carbons (Fsp3) is 0.536. The van der Waals surface area contributed by atoms with Gasteiger partial charge in [-0.15, -0.1) is 11.6 Å². The topological polar surface area (TPSA) is 77.8 Å². The number of hydrogen-bond acceptors (Lipinski definition) is 3. The molecule has 36 heavy (non-hydrogen) atoms. The summed E-state index contributed by atoms with van der Waals surface area (Å²) in [7, 11) is 0. The molecule has 3 aliphatic carbocycles. The van der Waals surface area contributed by atoms with E-state index in [-0.39, 0.29) is 22.9 Å². The van der Waals surface area contributed by atoms with E-state index in [1.807, 2.05) is 18.2 Å². The predicted octanol–water partition coefficient (Wildman–Crippen LogP) is 6.89. The van der Waals surface area contributed by atoms with Crippen molar-refractivity contribution < 1.29 is 23.1 Å². The minimum absolute atomic E-state index is 0.0415. The fourth-order valence-corrected chi connectivity index (χ4v) is 6.33. The van der Waals surface area contributed by atoms with Crippen molar-refractivity contribution in [3.05, 3.63) is 70.6 Å². The molecule has 0 radical (unpaired) electrons. The molecular weight excluding hydrogens is 501 g/mol. The van der Waals surface area contributed by atoms with E-state index < -0.39 is 40.1 Å². The largest absolute Gasteiger partial charge is 0.478 e. The molecule has 0 bridgehead atoms. The average Bonchev–Trinajstić information content (AvgIpc) is 2.86. The third-order valence-corrected chi connectivity index (χ3v) is 8.33. The van der Waals surface area contributed by atoms with Gasteiger partial charge in [0.15, 0.2) is 11.1 Å². The van der Waals surface area contributed by atoms with Crippen LogP contribution in [-0.4, -0.2) is 42.7 Å². The number of carboxylic acids is 1. The normalized spacial score (nSPS) is 27.5. The number of carboxylic acid groups (broad SMARTS) is 1. The lowest BCUT2D eigenvalue weighted by atomic mass is 9.80. The van der Waals surface area contributed by atoms with Crippen molar-refractivity contribution in [3.63, 3.8) is 0 Å². The summed E-state index contributed by atoms with van der Waals surface area (Å²) in [5.74, 6) is -2.47. The molecule has 0 spiro atoms. The maximum Gasteiger partial charge on any atom is 0.338 e. The van der Waals surface area contributed by atoms with Gasteiger partial charge in [0.25, 0.3) is 0 Å². The molecule has 0 saturated heterocycles. The SMILES string of the molecule is CCCCC(CCC)CN(C1=CC(Cl)C(C2C=C(C(=O)O)C(F)=CC2)C=C1S(=O)O)C1C=CC=CC1. The molecule has 5 nitrogen and oxygen atoms in total. The molecule has 6 atom stereocenters. The molecule has 0 heterocycles. The molecule has 0 aromatic heterocycles. The highest BCUT2D eigenvalue weighted by molar-refractivity contribution is 7.83. The van der Waals surface area contributed by atoms with Crippen LogP contribution in [0.3, 0.4) is 0 Å². The van der Waals surface area contributed by atoms with Crippen molar-refractivity contribution in [2.45, 2.75) is 70.2 Å². The Bertz CT molecular complexity index is 1020. The Hall–Kier alpha value is -1.96. The molecule has 3 aliphatic rings. The minimum Gasteiger partial charge on any atom is -0.478 e. The van der Waals surface area contributed by atoms with E-state index in [2.05, 4.69) is 30.9 Å². The Morgan fingerprint density at radius 3 is 2.58 bits per heavy atom. The maximum absolute atomic E-state index is 14.0. The van der Waals surface area contributed by atoms with Crippen molar-refractivity contribution >= 4 is 28.7 Å². The molecule has 0 fully saturated rings. The van der Waals surface area contributed by atoms with Crippen LogP contribution in [0.15, 0.2) is 70.6 Å². The van der Waals surface area contributed by atoms with Gasteiger partial charge in [0.05, 0.1) is 27.6 Å². The van der Waals surface area contributed by atoms with E-state index in [0.29, 0.717) is 11.6 Å². The first-order chi connectivity index (χ1) is 17.3. The number of hydrogen-bond donors (Lipinski definition) is 2. The Morgan fingerprint density at radius 2 is 1.97 bits per heavy atom. The summed E-state index contributed by atoms with van der Waals surface area (Å²) in [6, 6.07) is 0.0415. The fourth-order valence-electron chi connectivity index (χ4n) is 5.31. The first kappa shape index (κ1) is 28.6. The van der Waals surface area contributed by atoms with Crippen LogP contribution in [0.5, 0.6) is 0 Å². The lowest BCUT2D eigenvalue weighted by Gasteiger charge is -2.40. The number of rotatable bonds is 12. The molecule has 0 aromatic carbocycles. The quantitative estimate of drug-likeness (QED) is 0.209. The zero-order valence-electron chi connectivity index (χ0n) is 21.0. The van der Waals surface area contributed by atoms with Crippen LogP contribution in [0, 0.1) is 17.8 Å². The molecule has 6 unspecified atom stereocenters. The predicted molar refractivity (Wildman–Crippen MR) is 144 cm³/mol. The summed E-state index contributed by atoms with van der Waals surface area (Å²) in [4.78, 5) is 14.0. The van der Waals surface area contributed by atoms with Crippen molar-refractivity contribution in [3.8, 4) is 0 Å². The van der Waals surface area contributed by atoms with Gasteiger partial charge in [0.2, 0.25) is 0 Å². The summed E-state index contributed by atoms with van der Waals surface area (Å²) in [6.07, 6.45) is 21.0. The smallest absolute Gasteiger partial charge is 0.338 e. The van der Waals surface area contributed by atoms with Gasteiger partial charge in [-0.05, 0) is 49.7 Å². The third kappa shape index (κ3) is 7.08. The molecule has 0 saturated carbocycles. The van der Waals surface area contributed by atoms with Crippen molar-refractivity contribution in [2.24, 2.45) is 17.8 Å². The van der Waals surface area contributed by atoms with Crippen LogP contribution in [0.2, 0.25) is 0 Å². The van der Waals surface area contributed by atoms with Gasteiger partial charge in [0.1, 0.15) is 5.83 Å². The highest BCUT2D eigenvalue weighted by Crippen LogP contribution is 2.40. The average molecular weight is 538 g/mol. The molecule has 0 aliphatic heterocycles. The lowest BCUT2D eigenvalue weighted by molar-refractivity contribution is -0.132. The van der Waals surface area contributed by atoms with Crippen LogP contribution < -0.4 is 0 Å². The van der Waals surface area contributed by atoms with E-state index in [9.17, 15) is 23.1 Å². The van der Waals surface area contributed by atoms with Crippen molar-refractivity contribution in [1.82, 2.24) is 4.90 Å². The van der Waals surface area contributed by atoms with Crippen molar-refractivity contribution in [1.29, 1.82) is 0 Å².